The van der Waals surface area contributed by atoms with Gasteiger partial charge in [-0.2, -0.15) is 0 Å². The molecule has 0 radical (unpaired) electrons. The van der Waals surface area contributed by atoms with Gasteiger partial charge in [0.15, 0.2) is 0 Å². The van der Waals surface area contributed by atoms with E-state index in [9.17, 15) is 9.59 Å². The summed E-state index contributed by atoms with van der Waals surface area (Å²) >= 11 is 0. The van der Waals surface area contributed by atoms with Crippen LogP contribution >= 0.6 is 0 Å². The fourth-order valence-corrected chi connectivity index (χ4v) is 4.19. The molecular weight excluding hydrogens is 368 g/mol. The number of amides is 2. The average molecular weight is 405 g/mol. The summed E-state index contributed by atoms with van der Waals surface area (Å²) in [6.07, 6.45) is 3.93. The van der Waals surface area contributed by atoms with Gasteiger partial charge in [-0.05, 0) is 39.3 Å². The van der Waals surface area contributed by atoms with E-state index in [1.165, 1.54) is 19.3 Å². The second-order valence-corrected chi connectivity index (χ2v) is 8.42. The lowest BCUT2D eigenvalue weighted by Crippen LogP contribution is -2.52. The zero-order valence-corrected chi connectivity index (χ0v) is 18.4. The first kappa shape index (κ1) is 21.8. The topological polar surface area (TPSA) is 60.2 Å². The van der Waals surface area contributed by atoms with Crippen LogP contribution in [0.2, 0.25) is 0 Å². The van der Waals surface area contributed by atoms with Crippen molar-refractivity contribution in [1.29, 1.82) is 0 Å². The fourth-order valence-electron chi connectivity index (χ4n) is 4.19. The first-order valence-corrected chi connectivity index (χ1v) is 11.0. The van der Waals surface area contributed by atoms with Crippen molar-refractivity contribution in [3.63, 3.8) is 0 Å². The molecule has 0 bridgehead atoms. The van der Waals surface area contributed by atoms with Gasteiger partial charge in [0.1, 0.15) is 11.5 Å². The van der Waals surface area contributed by atoms with Crippen molar-refractivity contribution >= 4 is 11.8 Å². The van der Waals surface area contributed by atoms with Crippen LogP contribution in [0.5, 0.6) is 0 Å². The van der Waals surface area contributed by atoms with E-state index in [0.29, 0.717) is 31.0 Å². The summed E-state index contributed by atoms with van der Waals surface area (Å²) in [5.41, 5.74) is 0.652. The Labute approximate surface area is 174 Å². The highest BCUT2D eigenvalue weighted by Crippen LogP contribution is 2.24. The van der Waals surface area contributed by atoms with Crippen molar-refractivity contribution in [1.82, 2.24) is 19.6 Å². The van der Waals surface area contributed by atoms with Gasteiger partial charge in [-0.3, -0.25) is 19.4 Å². The van der Waals surface area contributed by atoms with Crippen molar-refractivity contribution < 1.29 is 14.0 Å². The van der Waals surface area contributed by atoms with Crippen LogP contribution in [0.15, 0.2) is 10.5 Å². The summed E-state index contributed by atoms with van der Waals surface area (Å²) in [4.78, 5) is 33.7. The Hall–Kier alpha value is -1.86. The van der Waals surface area contributed by atoms with Gasteiger partial charge in [0, 0.05) is 52.4 Å². The van der Waals surface area contributed by atoms with E-state index in [0.717, 1.165) is 44.5 Å². The quantitative estimate of drug-likeness (QED) is 0.663. The number of rotatable bonds is 8. The highest BCUT2D eigenvalue weighted by molar-refractivity contribution is 5.95. The molecule has 3 rings (SSSR count). The predicted molar refractivity (Wildman–Crippen MR) is 113 cm³/mol. The van der Waals surface area contributed by atoms with E-state index in [-0.39, 0.29) is 11.8 Å². The number of hydrogen-bond acceptors (Lipinski definition) is 5. The van der Waals surface area contributed by atoms with Gasteiger partial charge in [-0.1, -0.05) is 13.3 Å². The highest BCUT2D eigenvalue weighted by Gasteiger charge is 2.27. The Morgan fingerprint density at radius 1 is 1.14 bits per heavy atom. The SMILES string of the molecule is CCN(CCN(C)C(=O)CN1CCN(C(=O)c2cc(C)oc2C)CC1)C1CCC1. The second kappa shape index (κ2) is 9.76. The zero-order valence-electron chi connectivity index (χ0n) is 18.4. The molecule has 0 N–H and O–H groups in total. The number of furan rings is 1. The molecule has 0 spiro atoms. The first-order chi connectivity index (χ1) is 13.9. The van der Waals surface area contributed by atoms with E-state index in [1.54, 1.807) is 0 Å². The number of piperazine rings is 1. The molecule has 1 aromatic rings. The number of carbonyl (C=O) groups is 2. The van der Waals surface area contributed by atoms with Crippen LogP contribution in [0.25, 0.3) is 0 Å². The molecule has 0 atom stereocenters. The molecule has 2 fully saturated rings. The molecule has 1 aliphatic carbocycles. The van der Waals surface area contributed by atoms with Crippen molar-refractivity contribution in [3.8, 4) is 0 Å². The number of nitrogens with zero attached hydrogens (tertiary/aromatic N) is 4. The summed E-state index contributed by atoms with van der Waals surface area (Å²) in [6.45, 7) is 11.8. The van der Waals surface area contributed by atoms with Gasteiger partial charge in [-0.25, -0.2) is 0 Å². The lowest BCUT2D eigenvalue weighted by Gasteiger charge is -2.38. The lowest BCUT2D eigenvalue weighted by molar-refractivity contribution is -0.131. The Balaban J connectivity index is 1.40. The molecule has 1 saturated carbocycles. The van der Waals surface area contributed by atoms with E-state index in [2.05, 4.69) is 16.7 Å². The summed E-state index contributed by atoms with van der Waals surface area (Å²) in [6, 6.07) is 2.53. The minimum atomic E-state index is 0.0260. The van der Waals surface area contributed by atoms with Crippen molar-refractivity contribution in [2.75, 3.05) is 59.4 Å². The van der Waals surface area contributed by atoms with Crippen LogP contribution in [-0.2, 0) is 4.79 Å². The van der Waals surface area contributed by atoms with Crippen LogP contribution in [0.1, 0.15) is 48.1 Å². The zero-order chi connectivity index (χ0) is 21.0. The molecule has 0 unspecified atom stereocenters. The molecule has 162 valence electrons. The maximum Gasteiger partial charge on any atom is 0.257 e. The predicted octanol–water partition coefficient (Wildman–Crippen LogP) is 1.99. The number of hydrogen-bond donors (Lipinski definition) is 0. The normalized spacial score (nSPS) is 18.2. The van der Waals surface area contributed by atoms with Crippen LogP contribution in [0.3, 0.4) is 0 Å². The van der Waals surface area contributed by atoms with E-state index >= 15 is 0 Å². The summed E-state index contributed by atoms with van der Waals surface area (Å²) in [5, 5.41) is 0. The molecule has 2 aliphatic rings. The maximum absolute atomic E-state index is 12.7. The Morgan fingerprint density at radius 3 is 2.34 bits per heavy atom. The molecular formula is C22H36N4O3. The standard InChI is InChI=1S/C22H36N4O3/c1-5-25(19-7-6-8-19)12-9-23(4)21(27)16-24-10-13-26(14-11-24)22(28)20-15-17(2)29-18(20)3/h15,19H,5-14,16H2,1-4H3. The fraction of sp³-hybridized carbons (Fsp3) is 0.727. The molecule has 1 aliphatic heterocycles. The van der Waals surface area contributed by atoms with Crippen LogP contribution in [0.4, 0.5) is 0 Å². The van der Waals surface area contributed by atoms with Gasteiger partial charge in [-0.15, -0.1) is 0 Å². The Morgan fingerprint density at radius 2 is 1.83 bits per heavy atom. The average Bonchev–Trinajstić information content (AvgIpc) is 3.01. The van der Waals surface area contributed by atoms with Crippen LogP contribution in [-0.4, -0.2) is 96.9 Å². The van der Waals surface area contributed by atoms with Gasteiger partial charge in [0.25, 0.3) is 5.91 Å². The van der Waals surface area contributed by atoms with Crippen LogP contribution in [0, 0.1) is 13.8 Å². The van der Waals surface area contributed by atoms with Crippen molar-refractivity contribution in [2.45, 2.75) is 46.1 Å². The van der Waals surface area contributed by atoms with E-state index in [1.807, 2.05) is 36.8 Å². The highest BCUT2D eigenvalue weighted by atomic mass is 16.3. The number of aryl methyl sites for hydroxylation is 2. The second-order valence-electron chi connectivity index (χ2n) is 8.42. The van der Waals surface area contributed by atoms with Crippen LogP contribution < -0.4 is 0 Å². The third-order valence-electron chi connectivity index (χ3n) is 6.44. The Kier molecular flexibility index (Phi) is 7.35. The minimum absolute atomic E-state index is 0.0260. The minimum Gasteiger partial charge on any atom is -0.466 e. The van der Waals surface area contributed by atoms with E-state index < -0.39 is 0 Å². The monoisotopic (exact) mass is 404 g/mol. The largest absolute Gasteiger partial charge is 0.466 e. The molecule has 1 aromatic heterocycles. The summed E-state index contributed by atoms with van der Waals surface area (Å²) < 4.78 is 5.49. The van der Waals surface area contributed by atoms with Crippen molar-refractivity contribution in [2.24, 2.45) is 0 Å². The third-order valence-corrected chi connectivity index (χ3v) is 6.44. The van der Waals surface area contributed by atoms with E-state index in [4.69, 9.17) is 4.42 Å². The van der Waals surface area contributed by atoms with Crippen molar-refractivity contribution in [3.05, 3.63) is 23.2 Å². The Bertz CT molecular complexity index is 705. The smallest absolute Gasteiger partial charge is 0.257 e. The van der Waals surface area contributed by atoms with Gasteiger partial charge in [0.2, 0.25) is 5.91 Å². The molecule has 2 amide bonds. The third kappa shape index (κ3) is 5.39. The first-order valence-electron chi connectivity index (χ1n) is 11.0. The number of carbonyl (C=O) groups excluding carboxylic acids is 2. The van der Waals surface area contributed by atoms with Gasteiger partial charge < -0.3 is 14.2 Å². The summed E-state index contributed by atoms with van der Waals surface area (Å²) in [5.74, 6) is 1.63. The molecule has 29 heavy (non-hydrogen) atoms. The van der Waals surface area contributed by atoms with Gasteiger partial charge in [0.05, 0.1) is 12.1 Å². The molecule has 2 heterocycles. The molecule has 1 saturated heterocycles. The molecule has 0 aromatic carbocycles. The van der Waals surface area contributed by atoms with Gasteiger partial charge >= 0.3 is 0 Å². The molecule has 7 heteroatoms. The maximum atomic E-state index is 12.7. The lowest BCUT2D eigenvalue weighted by atomic mass is 9.91. The summed E-state index contributed by atoms with van der Waals surface area (Å²) in [7, 11) is 1.90. The molecule has 7 nitrogen and oxygen atoms in total. The number of likely N-dealkylation sites (N-methyl/N-ethyl adjacent to an activating group) is 2.